The molecule has 0 aliphatic heterocycles. The highest BCUT2D eigenvalue weighted by Gasteiger charge is 2.02. The highest BCUT2D eigenvalue weighted by atomic mass is 16.5. The summed E-state index contributed by atoms with van der Waals surface area (Å²) in [6.07, 6.45) is 0. The number of aryl methyl sites for hydroxylation is 1. The van der Waals surface area contributed by atoms with Crippen molar-refractivity contribution in [3.05, 3.63) is 95.6 Å². The van der Waals surface area contributed by atoms with Gasteiger partial charge in [-0.3, -0.25) is 0 Å². The van der Waals surface area contributed by atoms with Crippen LogP contribution in [0.15, 0.2) is 78.9 Å². The molecule has 0 atom stereocenters. The highest BCUT2D eigenvalue weighted by Crippen LogP contribution is 2.24. The van der Waals surface area contributed by atoms with Gasteiger partial charge in [-0.25, -0.2) is 0 Å². The maximum absolute atomic E-state index is 5.89. The molecule has 0 radical (unpaired) electrons. The summed E-state index contributed by atoms with van der Waals surface area (Å²) < 4.78 is 11.8. The van der Waals surface area contributed by atoms with Crippen molar-refractivity contribution in [3.63, 3.8) is 0 Å². The Kier molecular flexibility index (Phi) is 4.95. The number of rotatable bonds is 6. The summed E-state index contributed by atoms with van der Waals surface area (Å²) in [7, 11) is 0. The first-order chi connectivity index (χ1) is 11.3. The van der Waals surface area contributed by atoms with Gasteiger partial charge in [-0.15, -0.1) is 0 Å². The zero-order valence-corrected chi connectivity index (χ0v) is 13.2. The fraction of sp³-hybridized carbons (Fsp3) is 0.143. The first-order valence-electron chi connectivity index (χ1n) is 7.75. The van der Waals surface area contributed by atoms with Gasteiger partial charge in [-0.2, -0.15) is 0 Å². The molecular formula is C21H20O2. The Morgan fingerprint density at radius 1 is 0.609 bits per heavy atom. The van der Waals surface area contributed by atoms with E-state index in [0.717, 1.165) is 28.2 Å². The van der Waals surface area contributed by atoms with E-state index in [0.29, 0.717) is 13.2 Å². The van der Waals surface area contributed by atoms with Crippen LogP contribution in [-0.2, 0) is 13.2 Å². The first kappa shape index (κ1) is 15.2. The number of hydrogen-bond acceptors (Lipinski definition) is 2. The molecule has 0 amide bonds. The van der Waals surface area contributed by atoms with E-state index in [4.69, 9.17) is 9.47 Å². The van der Waals surface area contributed by atoms with Crippen molar-refractivity contribution in [1.82, 2.24) is 0 Å². The van der Waals surface area contributed by atoms with E-state index in [1.165, 1.54) is 0 Å². The van der Waals surface area contributed by atoms with Crippen LogP contribution in [0.25, 0.3) is 0 Å². The van der Waals surface area contributed by atoms with Crippen LogP contribution in [0.1, 0.15) is 16.7 Å². The van der Waals surface area contributed by atoms with Gasteiger partial charge in [0.2, 0.25) is 0 Å². The van der Waals surface area contributed by atoms with Crippen LogP contribution in [0.2, 0.25) is 0 Å². The summed E-state index contributed by atoms with van der Waals surface area (Å²) in [5.41, 5.74) is 3.43. The van der Waals surface area contributed by atoms with Crippen molar-refractivity contribution in [2.24, 2.45) is 0 Å². The molecule has 116 valence electrons. The monoisotopic (exact) mass is 304 g/mol. The normalized spacial score (nSPS) is 10.3. The fourth-order valence-electron chi connectivity index (χ4n) is 2.36. The maximum Gasteiger partial charge on any atom is 0.123 e. The molecule has 3 rings (SSSR count). The summed E-state index contributed by atoms with van der Waals surface area (Å²) in [4.78, 5) is 0. The lowest BCUT2D eigenvalue weighted by molar-refractivity contribution is 0.289. The predicted molar refractivity (Wildman–Crippen MR) is 92.7 cm³/mol. The minimum absolute atomic E-state index is 0.558. The third-order valence-electron chi connectivity index (χ3n) is 3.52. The standard InChI is InChI=1S/C21H20O2/c1-17-12-20(22-15-18-8-4-2-5-9-18)14-21(13-17)23-16-19-10-6-3-7-11-19/h2-14H,15-16H2,1H3. The largest absolute Gasteiger partial charge is 0.489 e. The fourth-order valence-corrected chi connectivity index (χ4v) is 2.36. The lowest BCUT2D eigenvalue weighted by atomic mass is 10.2. The van der Waals surface area contributed by atoms with Crippen molar-refractivity contribution < 1.29 is 9.47 Å². The van der Waals surface area contributed by atoms with Crippen LogP contribution in [0, 0.1) is 6.92 Å². The average Bonchev–Trinajstić information content (AvgIpc) is 2.60. The number of ether oxygens (including phenoxy) is 2. The lowest BCUT2D eigenvalue weighted by Crippen LogP contribution is -1.98. The topological polar surface area (TPSA) is 18.5 Å². The Balaban J connectivity index is 1.64. The molecule has 0 aliphatic carbocycles. The van der Waals surface area contributed by atoms with Crippen LogP contribution < -0.4 is 9.47 Å². The Hall–Kier alpha value is -2.74. The van der Waals surface area contributed by atoms with Crippen LogP contribution in [0.5, 0.6) is 11.5 Å². The van der Waals surface area contributed by atoms with Crippen molar-refractivity contribution >= 4 is 0 Å². The van der Waals surface area contributed by atoms with Crippen molar-refractivity contribution in [1.29, 1.82) is 0 Å². The SMILES string of the molecule is Cc1cc(OCc2ccccc2)cc(OCc2ccccc2)c1. The van der Waals surface area contributed by atoms with E-state index >= 15 is 0 Å². The van der Waals surface area contributed by atoms with Crippen molar-refractivity contribution in [2.75, 3.05) is 0 Å². The van der Waals surface area contributed by atoms with E-state index < -0.39 is 0 Å². The van der Waals surface area contributed by atoms with E-state index in [9.17, 15) is 0 Å². The third kappa shape index (κ3) is 4.62. The molecular weight excluding hydrogens is 284 g/mol. The summed E-state index contributed by atoms with van der Waals surface area (Å²) in [5, 5.41) is 0. The molecule has 0 saturated heterocycles. The number of benzene rings is 3. The minimum Gasteiger partial charge on any atom is -0.489 e. The van der Waals surface area contributed by atoms with E-state index in [1.807, 2.05) is 61.5 Å². The first-order valence-corrected chi connectivity index (χ1v) is 7.75. The van der Waals surface area contributed by atoms with Gasteiger partial charge in [0.15, 0.2) is 0 Å². The molecule has 3 aromatic rings. The zero-order valence-electron chi connectivity index (χ0n) is 13.2. The molecule has 2 nitrogen and oxygen atoms in total. The molecule has 0 aliphatic rings. The smallest absolute Gasteiger partial charge is 0.123 e. The van der Waals surface area contributed by atoms with Crippen LogP contribution in [-0.4, -0.2) is 0 Å². The summed E-state index contributed by atoms with van der Waals surface area (Å²) in [6, 6.07) is 26.3. The second-order valence-corrected chi connectivity index (χ2v) is 5.53. The molecule has 0 unspecified atom stereocenters. The van der Waals surface area contributed by atoms with Gasteiger partial charge in [0.1, 0.15) is 24.7 Å². The Morgan fingerprint density at radius 3 is 1.48 bits per heavy atom. The van der Waals surface area contributed by atoms with Gasteiger partial charge >= 0.3 is 0 Å². The Morgan fingerprint density at radius 2 is 1.04 bits per heavy atom. The van der Waals surface area contributed by atoms with E-state index in [1.54, 1.807) is 0 Å². The predicted octanol–water partition coefficient (Wildman–Crippen LogP) is 5.15. The summed E-state index contributed by atoms with van der Waals surface area (Å²) in [5.74, 6) is 1.66. The van der Waals surface area contributed by atoms with Gasteiger partial charge in [0.25, 0.3) is 0 Å². The van der Waals surface area contributed by atoms with E-state index in [-0.39, 0.29) is 0 Å². The Bertz CT molecular complexity index is 675. The molecule has 0 spiro atoms. The molecule has 0 N–H and O–H groups in total. The molecule has 0 heterocycles. The second-order valence-electron chi connectivity index (χ2n) is 5.53. The second kappa shape index (κ2) is 7.50. The molecule has 23 heavy (non-hydrogen) atoms. The van der Waals surface area contributed by atoms with Crippen LogP contribution in [0.3, 0.4) is 0 Å². The third-order valence-corrected chi connectivity index (χ3v) is 3.52. The van der Waals surface area contributed by atoms with Crippen molar-refractivity contribution in [2.45, 2.75) is 20.1 Å². The van der Waals surface area contributed by atoms with Crippen molar-refractivity contribution in [3.8, 4) is 11.5 Å². The zero-order chi connectivity index (χ0) is 15.9. The molecule has 0 bridgehead atoms. The number of hydrogen-bond donors (Lipinski definition) is 0. The summed E-state index contributed by atoms with van der Waals surface area (Å²) in [6.45, 7) is 3.16. The van der Waals surface area contributed by atoms with Gasteiger partial charge in [-0.05, 0) is 35.7 Å². The van der Waals surface area contributed by atoms with E-state index in [2.05, 4.69) is 24.3 Å². The maximum atomic E-state index is 5.89. The lowest BCUT2D eigenvalue weighted by Gasteiger charge is -2.11. The van der Waals surface area contributed by atoms with Gasteiger partial charge in [0.05, 0.1) is 0 Å². The van der Waals surface area contributed by atoms with Gasteiger partial charge in [0, 0.05) is 6.07 Å². The van der Waals surface area contributed by atoms with Gasteiger partial charge in [-0.1, -0.05) is 60.7 Å². The molecule has 3 aromatic carbocycles. The Labute approximate surface area is 137 Å². The minimum atomic E-state index is 0.558. The highest BCUT2D eigenvalue weighted by molar-refractivity contribution is 5.38. The molecule has 0 aromatic heterocycles. The van der Waals surface area contributed by atoms with Crippen LogP contribution in [0.4, 0.5) is 0 Å². The molecule has 2 heteroatoms. The van der Waals surface area contributed by atoms with Crippen LogP contribution >= 0.6 is 0 Å². The average molecular weight is 304 g/mol. The molecule has 0 saturated carbocycles. The van der Waals surface area contributed by atoms with Gasteiger partial charge < -0.3 is 9.47 Å². The quantitative estimate of drug-likeness (QED) is 0.627. The molecule has 0 fully saturated rings. The summed E-state index contributed by atoms with van der Waals surface area (Å²) >= 11 is 0.